The van der Waals surface area contributed by atoms with E-state index < -0.39 is 11.4 Å². The summed E-state index contributed by atoms with van der Waals surface area (Å²) in [6, 6.07) is 3.85. The number of ether oxygens (including phenoxy) is 3. The Morgan fingerprint density at radius 3 is 2.05 bits per heavy atom. The van der Waals surface area contributed by atoms with Crippen molar-refractivity contribution in [3.8, 4) is 5.75 Å². The number of aliphatic hydroxyl groups excluding tert-OH is 1. The normalized spacial score (nSPS) is 13.7. The molecule has 0 amide bonds. The van der Waals surface area contributed by atoms with Crippen molar-refractivity contribution in [3.05, 3.63) is 28.8 Å². The number of methoxy groups -OCH3 is 2. The fraction of sp³-hybridized carbons (Fsp3) is 0.588. The molecule has 0 fully saturated rings. The van der Waals surface area contributed by atoms with Gasteiger partial charge in [-0.05, 0) is 20.3 Å². The van der Waals surface area contributed by atoms with Gasteiger partial charge in [-0.1, -0.05) is 24.6 Å². The number of benzene rings is 1. The van der Waals surface area contributed by atoms with Crippen LogP contribution in [0.25, 0.3) is 0 Å². The van der Waals surface area contributed by atoms with Gasteiger partial charge in [0.15, 0.2) is 0 Å². The summed E-state index contributed by atoms with van der Waals surface area (Å²) >= 11 is 0. The molecule has 1 aromatic rings. The van der Waals surface area contributed by atoms with E-state index in [1.165, 1.54) is 0 Å². The lowest BCUT2D eigenvalue weighted by atomic mass is 9.89. The maximum atomic E-state index is 12.4. The Labute approximate surface area is 132 Å². The highest BCUT2D eigenvalue weighted by molar-refractivity contribution is 5.79. The minimum atomic E-state index is -0.917. The molecule has 0 aliphatic rings. The van der Waals surface area contributed by atoms with Crippen LogP contribution < -0.4 is 4.74 Å². The van der Waals surface area contributed by atoms with Crippen LogP contribution in [0.15, 0.2) is 12.1 Å². The van der Waals surface area contributed by atoms with Crippen LogP contribution in [0.4, 0.5) is 0 Å². The molecular formula is C17H26O5. The van der Waals surface area contributed by atoms with E-state index in [4.69, 9.17) is 14.2 Å². The van der Waals surface area contributed by atoms with E-state index in [2.05, 4.69) is 0 Å². The Kier molecular flexibility index (Phi) is 7.00. The first kappa shape index (κ1) is 18.6. The highest BCUT2D eigenvalue weighted by Crippen LogP contribution is 2.31. The van der Waals surface area contributed by atoms with E-state index in [1.807, 2.05) is 26.0 Å². The molecule has 0 aromatic heterocycles. The average molecular weight is 310 g/mol. The number of carbonyl (C=O) groups is 1. The van der Waals surface area contributed by atoms with Crippen molar-refractivity contribution < 1.29 is 24.1 Å². The first-order valence-electron chi connectivity index (χ1n) is 7.35. The molecule has 22 heavy (non-hydrogen) atoms. The lowest BCUT2D eigenvalue weighted by molar-refractivity contribution is -0.147. The zero-order valence-corrected chi connectivity index (χ0v) is 14.1. The lowest BCUT2D eigenvalue weighted by Crippen LogP contribution is -2.35. The summed E-state index contributed by atoms with van der Waals surface area (Å²) in [4.78, 5) is 12.4. The molecule has 0 radical (unpaired) electrons. The fourth-order valence-electron chi connectivity index (χ4n) is 2.12. The first-order valence-corrected chi connectivity index (χ1v) is 7.35. The number of hydrogen-bond acceptors (Lipinski definition) is 5. The monoisotopic (exact) mass is 310 g/mol. The van der Waals surface area contributed by atoms with Gasteiger partial charge in [0, 0.05) is 25.3 Å². The predicted molar refractivity (Wildman–Crippen MR) is 83.7 cm³/mol. The van der Waals surface area contributed by atoms with E-state index in [0.29, 0.717) is 25.4 Å². The van der Waals surface area contributed by atoms with Crippen molar-refractivity contribution in [3.63, 3.8) is 0 Å². The highest BCUT2D eigenvalue weighted by Gasteiger charge is 2.33. The predicted octanol–water partition coefficient (Wildman–Crippen LogP) is 2.60. The second-order valence-corrected chi connectivity index (χ2v) is 5.74. The van der Waals surface area contributed by atoms with Crippen LogP contribution in [0.3, 0.4) is 0 Å². The third-order valence-electron chi connectivity index (χ3n) is 3.80. The summed E-state index contributed by atoms with van der Waals surface area (Å²) in [5.74, 6) is 0.0171. The topological polar surface area (TPSA) is 65.0 Å². The highest BCUT2D eigenvalue weighted by atomic mass is 16.5. The maximum Gasteiger partial charge on any atom is 0.319 e. The van der Waals surface area contributed by atoms with Crippen molar-refractivity contribution in [2.75, 3.05) is 20.8 Å². The molecule has 0 spiro atoms. The fourth-order valence-corrected chi connectivity index (χ4v) is 2.12. The van der Waals surface area contributed by atoms with Crippen molar-refractivity contribution >= 4 is 5.97 Å². The second-order valence-electron chi connectivity index (χ2n) is 5.74. The summed E-state index contributed by atoms with van der Waals surface area (Å²) in [6.07, 6.45) is 0.493. The molecule has 0 bridgehead atoms. The molecule has 0 saturated heterocycles. The number of aliphatic hydroxyl groups is 1. The molecule has 1 unspecified atom stereocenters. The molecule has 0 heterocycles. The first-order chi connectivity index (χ1) is 10.4. The molecule has 5 heteroatoms. The average Bonchev–Trinajstić information content (AvgIpc) is 2.50. The zero-order valence-electron chi connectivity index (χ0n) is 14.1. The quantitative estimate of drug-likeness (QED) is 0.590. The van der Waals surface area contributed by atoms with Crippen LogP contribution in [0, 0.1) is 12.3 Å². The Balaban J connectivity index is 3.22. The standard InChI is InChI=1S/C17H26O5/c1-6-17(3,11-18)16(19)22-15-13(9-20-4)7-12(2)8-14(15)10-21-5/h7-8,18H,6,9-11H2,1-5H3. The van der Waals surface area contributed by atoms with E-state index in [-0.39, 0.29) is 6.61 Å². The Morgan fingerprint density at radius 2 is 1.68 bits per heavy atom. The minimum absolute atomic E-state index is 0.257. The van der Waals surface area contributed by atoms with Gasteiger partial charge < -0.3 is 19.3 Å². The number of rotatable bonds is 8. The van der Waals surface area contributed by atoms with Gasteiger partial charge in [0.25, 0.3) is 0 Å². The minimum Gasteiger partial charge on any atom is -0.425 e. The van der Waals surface area contributed by atoms with Gasteiger partial charge in [-0.25, -0.2) is 0 Å². The van der Waals surface area contributed by atoms with Gasteiger partial charge >= 0.3 is 5.97 Å². The van der Waals surface area contributed by atoms with Crippen LogP contribution in [-0.4, -0.2) is 31.9 Å². The van der Waals surface area contributed by atoms with Gasteiger partial charge in [-0.3, -0.25) is 4.79 Å². The third-order valence-corrected chi connectivity index (χ3v) is 3.80. The van der Waals surface area contributed by atoms with Crippen LogP contribution in [-0.2, 0) is 27.5 Å². The van der Waals surface area contributed by atoms with Crippen molar-refractivity contribution in [1.82, 2.24) is 0 Å². The molecular weight excluding hydrogens is 284 g/mol. The van der Waals surface area contributed by atoms with Crippen LogP contribution in [0.5, 0.6) is 5.75 Å². The third kappa shape index (κ3) is 4.29. The number of carbonyl (C=O) groups excluding carboxylic acids is 1. The van der Waals surface area contributed by atoms with Crippen molar-refractivity contribution in [1.29, 1.82) is 0 Å². The van der Waals surface area contributed by atoms with E-state index in [1.54, 1.807) is 21.1 Å². The summed E-state index contributed by atoms with van der Waals surface area (Å²) in [5.41, 5.74) is 1.71. The van der Waals surface area contributed by atoms with Gasteiger partial charge in [0.05, 0.1) is 25.2 Å². The molecule has 1 N–H and O–H groups in total. The molecule has 0 aliphatic heterocycles. The van der Waals surface area contributed by atoms with Crippen molar-refractivity contribution in [2.24, 2.45) is 5.41 Å². The summed E-state index contributed by atoms with van der Waals surface area (Å²) in [7, 11) is 3.18. The number of esters is 1. The molecule has 1 aromatic carbocycles. The summed E-state index contributed by atoms with van der Waals surface area (Å²) < 4.78 is 16.0. The Hall–Kier alpha value is -1.43. The molecule has 1 atom stereocenters. The smallest absolute Gasteiger partial charge is 0.319 e. The molecule has 5 nitrogen and oxygen atoms in total. The van der Waals surface area contributed by atoms with Crippen LogP contribution in [0.1, 0.15) is 37.0 Å². The van der Waals surface area contributed by atoms with Crippen molar-refractivity contribution in [2.45, 2.75) is 40.4 Å². The number of hydrogen-bond donors (Lipinski definition) is 1. The molecule has 0 aliphatic carbocycles. The van der Waals surface area contributed by atoms with Gasteiger partial charge in [-0.15, -0.1) is 0 Å². The molecule has 0 saturated carbocycles. The lowest BCUT2D eigenvalue weighted by Gasteiger charge is -2.25. The Bertz CT molecular complexity index is 479. The van der Waals surface area contributed by atoms with E-state index >= 15 is 0 Å². The molecule has 124 valence electrons. The zero-order chi connectivity index (χ0) is 16.8. The summed E-state index contributed by atoms with van der Waals surface area (Å²) in [5, 5.41) is 9.47. The molecule has 1 rings (SSSR count). The Morgan fingerprint density at radius 1 is 1.18 bits per heavy atom. The van der Waals surface area contributed by atoms with Crippen LogP contribution in [0.2, 0.25) is 0 Å². The van der Waals surface area contributed by atoms with Gasteiger partial charge in [0.1, 0.15) is 5.75 Å². The van der Waals surface area contributed by atoms with E-state index in [0.717, 1.165) is 16.7 Å². The van der Waals surface area contributed by atoms with Gasteiger partial charge in [0.2, 0.25) is 0 Å². The number of aryl methyl sites for hydroxylation is 1. The van der Waals surface area contributed by atoms with E-state index in [9.17, 15) is 9.90 Å². The maximum absolute atomic E-state index is 12.4. The second kappa shape index (κ2) is 8.27. The SMILES string of the molecule is CCC(C)(CO)C(=O)Oc1c(COC)cc(C)cc1COC. The van der Waals surface area contributed by atoms with Crippen LogP contribution >= 0.6 is 0 Å². The largest absolute Gasteiger partial charge is 0.425 e. The summed E-state index contributed by atoms with van der Waals surface area (Å²) in [6.45, 7) is 5.92. The van der Waals surface area contributed by atoms with Gasteiger partial charge in [-0.2, -0.15) is 0 Å².